The number of amides is 2. The standard InChI is InChI=1S/C18H25N3O4S/c1-14-4-6-16(7-5-14)21-13-15(12-17(21)22)18(23)19-8-3-9-20(11-10-19)26(2,24)25/h4-7,15H,3,8-13H2,1-2H3/t15-/m0/s1. The Morgan fingerprint density at radius 3 is 2.42 bits per heavy atom. The molecule has 1 aromatic rings. The number of sulfonamides is 1. The Kier molecular flexibility index (Phi) is 5.34. The number of benzene rings is 1. The first-order chi connectivity index (χ1) is 12.3. The summed E-state index contributed by atoms with van der Waals surface area (Å²) in [6.45, 7) is 4.02. The number of nitrogens with zero attached hydrogens (tertiary/aromatic N) is 3. The van der Waals surface area contributed by atoms with E-state index >= 15 is 0 Å². The van der Waals surface area contributed by atoms with Crippen molar-refractivity contribution in [3.05, 3.63) is 29.8 Å². The van der Waals surface area contributed by atoms with Gasteiger partial charge in [0.2, 0.25) is 21.8 Å². The first-order valence-electron chi connectivity index (χ1n) is 8.86. The average Bonchev–Trinajstić information content (AvgIpc) is 2.81. The molecule has 0 N–H and O–H groups in total. The molecule has 1 aromatic carbocycles. The third-order valence-electron chi connectivity index (χ3n) is 5.06. The molecule has 26 heavy (non-hydrogen) atoms. The molecule has 0 unspecified atom stereocenters. The minimum Gasteiger partial charge on any atom is -0.341 e. The fourth-order valence-electron chi connectivity index (χ4n) is 3.55. The maximum Gasteiger partial charge on any atom is 0.228 e. The summed E-state index contributed by atoms with van der Waals surface area (Å²) < 4.78 is 24.8. The van der Waals surface area contributed by atoms with E-state index in [0.29, 0.717) is 39.1 Å². The van der Waals surface area contributed by atoms with Crippen LogP contribution in [0, 0.1) is 12.8 Å². The number of hydrogen-bond acceptors (Lipinski definition) is 4. The molecule has 2 fully saturated rings. The van der Waals surface area contributed by atoms with Gasteiger partial charge in [-0.2, -0.15) is 0 Å². The second-order valence-corrected chi connectivity index (χ2v) is 9.06. The van der Waals surface area contributed by atoms with E-state index in [1.54, 1.807) is 9.80 Å². The molecule has 0 aliphatic carbocycles. The molecule has 0 saturated carbocycles. The predicted molar refractivity (Wildman–Crippen MR) is 99.3 cm³/mol. The van der Waals surface area contributed by atoms with Crippen LogP contribution >= 0.6 is 0 Å². The monoisotopic (exact) mass is 379 g/mol. The van der Waals surface area contributed by atoms with Crippen molar-refractivity contribution >= 4 is 27.5 Å². The Balaban J connectivity index is 1.65. The fraction of sp³-hybridized carbons (Fsp3) is 0.556. The summed E-state index contributed by atoms with van der Waals surface area (Å²) in [6, 6.07) is 7.70. The van der Waals surface area contributed by atoms with E-state index in [1.807, 2.05) is 31.2 Å². The van der Waals surface area contributed by atoms with E-state index in [-0.39, 0.29) is 24.2 Å². The van der Waals surface area contributed by atoms with Crippen molar-refractivity contribution < 1.29 is 18.0 Å². The number of anilines is 1. The van der Waals surface area contributed by atoms with Crippen LogP contribution in [0.1, 0.15) is 18.4 Å². The quantitative estimate of drug-likeness (QED) is 0.780. The predicted octanol–water partition coefficient (Wildman–Crippen LogP) is 0.842. The van der Waals surface area contributed by atoms with Crippen LogP contribution < -0.4 is 4.90 Å². The highest BCUT2D eigenvalue weighted by atomic mass is 32.2. The number of carbonyl (C=O) groups excluding carboxylic acids is 2. The van der Waals surface area contributed by atoms with Crippen LogP contribution in [-0.4, -0.2) is 68.4 Å². The minimum absolute atomic E-state index is 0.0419. The molecule has 1 atom stereocenters. The van der Waals surface area contributed by atoms with E-state index in [9.17, 15) is 18.0 Å². The van der Waals surface area contributed by atoms with Crippen molar-refractivity contribution in [3.63, 3.8) is 0 Å². The number of carbonyl (C=O) groups is 2. The molecule has 0 bridgehead atoms. The zero-order chi connectivity index (χ0) is 18.9. The summed E-state index contributed by atoms with van der Waals surface area (Å²) in [5.41, 5.74) is 1.93. The van der Waals surface area contributed by atoms with Crippen LogP contribution in [-0.2, 0) is 19.6 Å². The Hall–Kier alpha value is -1.93. The highest BCUT2D eigenvalue weighted by molar-refractivity contribution is 7.88. The van der Waals surface area contributed by atoms with Crippen LogP contribution in [0.15, 0.2) is 24.3 Å². The molecular formula is C18H25N3O4S. The Bertz CT molecular complexity index is 791. The van der Waals surface area contributed by atoms with E-state index < -0.39 is 10.0 Å². The van der Waals surface area contributed by atoms with E-state index in [2.05, 4.69) is 0 Å². The SMILES string of the molecule is Cc1ccc(N2C[C@@H](C(=O)N3CCCN(S(C)(=O)=O)CC3)CC2=O)cc1. The fourth-order valence-corrected chi connectivity index (χ4v) is 4.43. The Labute approximate surface area is 154 Å². The summed E-state index contributed by atoms with van der Waals surface area (Å²) in [6.07, 6.45) is 2.01. The summed E-state index contributed by atoms with van der Waals surface area (Å²) in [5.74, 6) is -0.461. The molecule has 2 saturated heterocycles. The van der Waals surface area contributed by atoms with E-state index in [1.165, 1.54) is 10.6 Å². The van der Waals surface area contributed by atoms with Crippen LogP contribution in [0.25, 0.3) is 0 Å². The Morgan fingerprint density at radius 1 is 1.08 bits per heavy atom. The van der Waals surface area contributed by atoms with Crippen LogP contribution in [0.4, 0.5) is 5.69 Å². The molecule has 8 heteroatoms. The van der Waals surface area contributed by atoms with Crippen molar-refractivity contribution in [2.75, 3.05) is 43.9 Å². The minimum atomic E-state index is -3.24. The zero-order valence-electron chi connectivity index (χ0n) is 15.2. The molecule has 142 valence electrons. The molecule has 2 amide bonds. The maximum atomic E-state index is 12.9. The number of rotatable bonds is 3. The van der Waals surface area contributed by atoms with Crippen molar-refractivity contribution in [3.8, 4) is 0 Å². The largest absolute Gasteiger partial charge is 0.341 e. The van der Waals surface area contributed by atoms with E-state index in [0.717, 1.165) is 11.3 Å². The smallest absolute Gasteiger partial charge is 0.228 e. The van der Waals surface area contributed by atoms with E-state index in [4.69, 9.17) is 0 Å². The zero-order valence-corrected chi connectivity index (χ0v) is 16.0. The van der Waals surface area contributed by atoms with Gasteiger partial charge >= 0.3 is 0 Å². The lowest BCUT2D eigenvalue weighted by molar-refractivity contribution is -0.135. The Morgan fingerprint density at radius 2 is 1.77 bits per heavy atom. The van der Waals surface area contributed by atoms with Gasteiger partial charge in [-0.1, -0.05) is 17.7 Å². The van der Waals surface area contributed by atoms with Crippen molar-refractivity contribution in [2.45, 2.75) is 19.8 Å². The average molecular weight is 379 g/mol. The molecular weight excluding hydrogens is 354 g/mol. The summed E-state index contributed by atoms with van der Waals surface area (Å²) in [4.78, 5) is 28.6. The van der Waals surface area contributed by atoms with Gasteiger partial charge in [-0.3, -0.25) is 9.59 Å². The van der Waals surface area contributed by atoms with Gasteiger partial charge in [0, 0.05) is 44.8 Å². The topological polar surface area (TPSA) is 78.0 Å². The molecule has 0 spiro atoms. The first kappa shape index (κ1) is 18.8. The van der Waals surface area contributed by atoms with Crippen LogP contribution in [0.2, 0.25) is 0 Å². The second kappa shape index (κ2) is 7.36. The van der Waals surface area contributed by atoms with Gasteiger partial charge < -0.3 is 9.80 Å². The second-order valence-electron chi connectivity index (χ2n) is 7.08. The number of aryl methyl sites for hydroxylation is 1. The summed E-state index contributed by atoms with van der Waals surface area (Å²) in [7, 11) is -3.24. The lowest BCUT2D eigenvalue weighted by atomic mass is 10.1. The molecule has 2 aliphatic heterocycles. The van der Waals surface area contributed by atoms with Crippen molar-refractivity contribution in [1.82, 2.24) is 9.21 Å². The summed E-state index contributed by atoms with van der Waals surface area (Å²) in [5, 5.41) is 0. The lowest BCUT2D eigenvalue weighted by Crippen LogP contribution is -2.40. The van der Waals surface area contributed by atoms with Gasteiger partial charge in [0.1, 0.15) is 0 Å². The first-order valence-corrected chi connectivity index (χ1v) is 10.7. The van der Waals surface area contributed by atoms with Gasteiger partial charge in [0.05, 0.1) is 12.2 Å². The molecule has 3 rings (SSSR count). The third-order valence-corrected chi connectivity index (χ3v) is 6.36. The lowest BCUT2D eigenvalue weighted by Gasteiger charge is -2.24. The molecule has 2 heterocycles. The van der Waals surface area contributed by atoms with Crippen LogP contribution in [0.5, 0.6) is 0 Å². The molecule has 0 radical (unpaired) electrons. The third kappa shape index (κ3) is 4.07. The summed E-state index contributed by atoms with van der Waals surface area (Å²) >= 11 is 0. The van der Waals surface area contributed by atoms with Crippen molar-refractivity contribution in [1.29, 1.82) is 0 Å². The number of hydrogen-bond donors (Lipinski definition) is 0. The van der Waals surface area contributed by atoms with Gasteiger partial charge in [0.25, 0.3) is 0 Å². The van der Waals surface area contributed by atoms with Gasteiger partial charge in [-0.15, -0.1) is 0 Å². The highest BCUT2D eigenvalue weighted by Gasteiger charge is 2.37. The van der Waals surface area contributed by atoms with Gasteiger partial charge in [-0.25, -0.2) is 12.7 Å². The van der Waals surface area contributed by atoms with Crippen LogP contribution in [0.3, 0.4) is 0 Å². The highest BCUT2D eigenvalue weighted by Crippen LogP contribution is 2.27. The van der Waals surface area contributed by atoms with Crippen molar-refractivity contribution in [2.24, 2.45) is 5.92 Å². The molecule has 2 aliphatic rings. The maximum absolute atomic E-state index is 12.9. The molecule has 0 aromatic heterocycles. The van der Waals surface area contributed by atoms with Gasteiger partial charge in [0.15, 0.2) is 0 Å². The normalized spacial score (nSPS) is 22.5. The van der Waals surface area contributed by atoms with Gasteiger partial charge in [-0.05, 0) is 25.5 Å². The molecule has 7 nitrogen and oxygen atoms in total.